The molecule has 1 amide bonds. The van der Waals surface area contributed by atoms with Crippen LogP contribution in [0.2, 0.25) is 0 Å². The maximum Gasteiger partial charge on any atom is 0.509 e. The molecule has 1 aliphatic rings. The topological polar surface area (TPSA) is 111 Å². The minimum absolute atomic E-state index is 0.0498. The molecular formula is C23H38Cl3NO7. The molecule has 11 heteroatoms. The van der Waals surface area contributed by atoms with Gasteiger partial charge in [0.25, 0.3) is 0 Å². The number of amides is 1. The lowest BCUT2D eigenvalue weighted by atomic mass is 9.82. The highest BCUT2D eigenvalue weighted by Crippen LogP contribution is 2.40. The lowest BCUT2D eigenvalue weighted by molar-refractivity contribution is -0.142. The van der Waals surface area contributed by atoms with E-state index in [2.05, 4.69) is 5.32 Å². The molecule has 0 aromatic carbocycles. The highest BCUT2D eigenvalue weighted by molar-refractivity contribution is 6.68. The third-order valence-electron chi connectivity index (χ3n) is 5.74. The molecule has 0 aromatic heterocycles. The van der Waals surface area contributed by atoms with Gasteiger partial charge in [0.05, 0.1) is 12.0 Å². The maximum atomic E-state index is 12.7. The summed E-state index contributed by atoms with van der Waals surface area (Å²) in [5.41, 5.74) is -2.26. The summed E-state index contributed by atoms with van der Waals surface area (Å²) in [5.74, 6) is -1.63. The molecule has 3 atom stereocenters. The smallest absolute Gasteiger partial charge is 0.481 e. The van der Waals surface area contributed by atoms with E-state index in [0.717, 1.165) is 32.1 Å². The van der Waals surface area contributed by atoms with Gasteiger partial charge in [-0.2, -0.15) is 0 Å². The van der Waals surface area contributed by atoms with E-state index in [1.165, 1.54) is 20.8 Å². The fourth-order valence-corrected chi connectivity index (χ4v) is 3.82. The Kier molecular flexibility index (Phi) is 11.6. The Morgan fingerprint density at radius 3 is 2.03 bits per heavy atom. The minimum atomic E-state index is -1.92. The van der Waals surface area contributed by atoms with Gasteiger partial charge in [-0.1, -0.05) is 73.8 Å². The van der Waals surface area contributed by atoms with Crippen LogP contribution in [0.3, 0.4) is 0 Å². The molecule has 0 aromatic rings. The molecule has 0 spiro atoms. The summed E-state index contributed by atoms with van der Waals surface area (Å²) in [7, 11) is 0. The van der Waals surface area contributed by atoms with Gasteiger partial charge in [-0.05, 0) is 53.4 Å². The quantitative estimate of drug-likeness (QED) is 0.246. The third-order valence-corrected chi connectivity index (χ3v) is 7.10. The summed E-state index contributed by atoms with van der Waals surface area (Å²) in [6.45, 7) is 9.53. The molecule has 0 heterocycles. The van der Waals surface area contributed by atoms with Crippen LogP contribution in [-0.2, 0) is 19.0 Å². The van der Waals surface area contributed by atoms with Crippen molar-refractivity contribution in [2.45, 2.75) is 114 Å². The van der Waals surface area contributed by atoms with Crippen molar-refractivity contribution in [2.24, 2.45) is 11.8 Å². The van der Waals surface area contributed by atoms with Crippen LogP contribution >= 0.6 is 34.8 Å². The molecule has 198 valence electrons. The van der Waals surface area contributed by atoms with Gasteiger partial charge in [0.1, 0.15) is 11.7 Å². The molecule has 0 unspecified atom stereocenters. The Labute approximate surface area is 217 Å². The number of carbonyl (C=O) groups is 3. The van der Waals surface area contributed by atoms with Crippen molar-refractivity contribution in [1.82, 2.24) is 5.32 Å². The molecule has 1 aliphatic carbocycles. The second-order valence-electron chi connectivity index (χ2n) is 10.5. The van der Waals surface area contributed by atoms with Gasteiger partial charge in [0.15, 0.2) is 5.60 Å². The Bertz CT molecular complexity index is 698. The first-order valence-electron chi connectivity index (χ1n) is 11.6. The summed E-state index contributed by atoms with van der Waals surface area (Å²) < 4.78 is 14.3. The van der Waals surface area contributed by atoms with Crippen LogP contribution in [0.15, 0.2) is 0 Å². The van der Waals surface area contributed by atoms with Gasteiger partial charge < -0.3 is 24.6 Å². The zero-order valence-corrected chi connectivity index (χ0v) is 23.1. The molecular weight excluding hydrogens is 509 g/mol. The van der Waals surface area contributed by atoms with Crippen molar-refractivity contribution in [3.8, 4) is 0 Å². The maximum absolute atomic E-state index is 12.7. The summed E-state index contributed by atoms with van der Waals surface area (Å²) in [6, 6.07) is -0.692. The standard InChI is InChI=1S/C23H38Cl3NO7/c1-14(18(28)29)12-17(32-20(31)34-22(5,6)23(24,25)26)16(13-15-10-8-7-9-11-15)27-19(30)33-21(2,3)4/h14-17H,7-13H2,1-6H3,(H,27,30)(H,28,29)/t14-,16+,17+/m1/s1. The number of alkyl carbamates (subject to hydrolysis) is 1. The van der Waals surface area contributed by atoms with Crippen LogP contribution in [0.4, 0.5) is 9.59 Å². The Morgan fingerprint density at radius 1 is 1.00 bits per heavy atom. The van der Waals surface area contributed by atoms with Crippen molar-refractivity contribution >= 4 is 53.0 Å². The van der Waals surface area contributed by atoms with E-state index in [4.69, 9.17) is 49.0 Å². The van der Waals surface area contributed by atoms with Crippen molar-refractivity contribution in [3.63, 3.8) is 0 Å². The van der Waals surface area contributed by atoms with E-state index in [9.17, 15) is 19.5 Å². The second kappa shape index (κ2) is 12.7. The predicted molar refractivity (Wildman–Crippen MR) is 131 cm³/mol. The van der Waals surface area contributed by atoms with E-state index in [1.54, 1.807) is 20.8 Å². The zero-order valence-electron chi connectivity index (χ0n) is 20.8. The number of hydrogen-bond acceptors (Lipinski definition) is 6. The molecule has 2 N–H and O–H groups in total. The first-order chi connectivity index (χ1) is 15.4. The number of halogens is 3. The van der Waals surface area contributed by atoms with Gasteiger partial charge in [0, 0.05) is 0 Å². The van der Waals surface area contributed by atoms with E-state index in [1.807, 2.05) is 0 Å². The Hall–Kier alpha value is -1.12. The number of carboxylic acids is 1. The van der Waals surface area contributed by atoms with E-state index < -0.39 is 51.3 Å². The van der Waals surface area contributed by atoms with Crippen LogP contribution in [0.5, 0.6) is 0 Å². The number of ether oxygens (including phenoxy) is 3. The zero-order chi connectivity index (χ0) is 26.3. The lowest BCUT2D eigenvalue weighted by Gasteiger charge is -2.35. The van der Waals surface area contributed by atoms with Crippen LogP contribution in [-0.4, -0.2) is 50.5 Å². The van der Waals surface area contributed by atoms with E-state index >= 15 is 0 Å². The highest BCUT2D eigenvalue weighted by atomic mass is 35.6. The fourth-order valence-electron chi connectivity index (χ4n) is 3.70. The molecule has 1 rings (SSSR count). The lowest BCUT2D eigenvalue weighted by Crippen LogP contribution is -2.50. The molecule has 0 aliphatic heterocycles. The van der Waals surface area contributed by atoms with Gasteiger partial charge in [-0.15, -0.1) is 0 Å². The summed E-state index contributed by atoms with van der Waals surface area (Å²) in [5, 5.41) is 12.3. The normalized spacial score (nSPS) is 18.4. The number of hydrogen-bond donors (Lipinski definition) is 2. The Balaban J connectivity index is 3.15. The number of carbonyl (C=O) groups excluding carboxylic acids is 2. The number of nitrogens with one attached hydrogen (secondary N) is 1. The fraction of sp³-hybridized carbons (Fsp3) is 0.870. The monoisotopic (exact) mass is 545 g/mol. The average molecular weight is 547 g/mol. The molecule has 0 bridgehead atoms. The molecule has 0 radical (unpaired) electrons. The summed E-state index contributed by atoms with van der Waals surface area (Å²) >= 11 is 17.7. The molecule has 1 saturated carbocycles. The van der Waals surface area contributed by atoms with Crippen molar-refractivity contribution in [3.05, 3.63) is 0 Å². The van der Waals surface area contributed by atoms with E-state index in [0.29, 0.717) is 6.42 Å². The summed E-state index contributed by atoms with van der Waals surface area (Å²) in [4.78, 5) is 36.8. The SMILES string of the molecule is C[C@H](C[C@H](OC(=O)OC(C)(C)C(Cl)(Cl)Cl)[C@H](CC1CCCCC1)NC(=O)OC(C)(C)C)C(=O)O. The molecule has 0 saturated heterocycles. The third kappa shape index (κ3) is 11.1. The molecule has 8 nitrogen and oxygen atoms in total. The van der Waals surface area contributed by atoms with Gasteiger partial charge >= 0.3 is 18.2 Å². The van der Waals surface area contributed by atoms with Crippen LogP contribution in [0, 0.1) is 11.8 Å². The average Bonchev–Trinajstić information content (AvgIpc) is 2.64. The van der Waals surface area contributed by atoms with Crippen LogP contribution in [0.1, 0.15) is 86.5 Å². The first-order valence-corrected chi connectivity index (χ1v) is 12.7. The molecule has 1 fully saturated rings. The number of alkyl halides is 3. The first kappa shape index (κ1) is 30.9. The number of aliphatic carboxylic acids is 1. The van der Waals surface area contributed by atoms with Crippen molar-refractivity contribution in [1.29, 1.82) is 0 Å². The van der Waals surface area contributed by atoms with Gasteiger partial charge in [0.2, 0.25) is 3.79 Å². The van der Waals surface area contributed by atoms with Crippen LogP contribution < -0.4 is 5.32 Å². The van der Waals surface area contributed by atoms with E-state index in [-0.39, 0.29) is 12.3 Å². The minimum Gasteiger partial charge on any atom is -0.481 e. The van der Waals surface area contributed by atoms with Crippen molar-refractivity contribution in [2.75, 3.05) is 0 Å². The van der Waals surface area contributed by atoms with Gasteiger partial charge in [-0.3, -0.25) is 4.79 Å². The predicted octanol–water partition coefficient (Wildman–Crippen LogP) is 6.63. The summed E-state index contributed by atoms with van der Waals surface area (Å²) in [6.07, 6.45) is 2.87. The number of rotatable bonds is 9. The van der Waals surface area contributed by atoms with Crippen molar-refractivity contribution < 1.29 is 33.7 Å². The van der Waals surface area contributed by atoms with Gasteiger partial charge in [-0.25, -0.2) is 9.59 Å². The Morgan fingerprint density at radius 2 is 1.56 bits per heavy atom. The largest absolute Gasteiger partial charge is 0.509 e. The molecule has 34 heavy (non-hydrogen) atoms. The second-order valence-corrected chi connectivity index (χ2v) is 12.8. The highest BCUT2D eigenvalue weighted by Gasteiger charge is 2.45. The number of carboxylic acid groups (broad SMARTS) is 1. The van der Waals surface area contributed by atoms with Crippen LogP contribution in [0.25, 0.3) is 0 Å².